The molecule has 0 spiro atoms. The average Bonchev–Trinajstić information content (AvgIpc) is 1.27. The third-order valence-electron chi connectivity index (χ3n) is 34.3. The third kappa shape index (κ3) is 13.9. The summed E-state index contributed by atoms with van der Waals surface area (Å²) in [4.78, 5) is 0. The zero-order chi connectivity index (χ0) is 96.7. The smallest absolute Gasteiger partial charge is 0.399 e. The van der Waals surface area contributed by atoms with Gasteiger partial charge in [0.2, 0.25) is 0 Å². The van der Waals surface area contributed by atoms with Crippen LogP contribution in [0.4, 0.5) is 0 Å². The van der Waals surface area contributed by atoms with E-state index in [9.17, 15) is 0 Å². The maximum atomic E-state index is 6.33. The number of aryl methyl sites for hydroxylation is 2. The molecule has 0 aromatic heterocycles. The van der Waals surface area contributed by atoms with Gasteiger partial charge in [0.05, 0.1) is 22.4 Å². The fourth-order valence-corrected chi connectivity index (χ4v) is 35.2. The summed E-state index contributed by atoms with van der Waals surface area (Å²) in [5.74, 6) is 0. The van der Waals surface area contributed by atoms with E-state index in [4.69, 9.17) is 18.6 Å². The molecule has 686 valence electrons. The molecule has 2 heterocycles. The number of fused-ring (bicyclic) bond motifs is 18. The summed E-state index contributed by atoms with van der Waals surface area (Å²) in [5, 5.41) is 11.3. The molecule has 6 aliphatic carbocycles. The van der Waals surface area contributed by atoms with Crippen molar-refractivity contribution in [1.29, 1.82) is 0 Å². The van der Waals surface area contributed by atoms with Gasteiger partial charge in [0.1, 0.15) is 0 Å². The Balaban J connectivity index is 0.000000125. The molecule has 0 unspecified atom stereocenters. The second-order valence-electron chi connectivity index (χ2n) is 45.5. The van der Waals surface area contributed by atoms with E-state index in [-0.39, 0.29) is 69.1 Å². The monoisotopic (exact) mass is 1960 g/mol. The van der Waals surface area contributed by atoms with E-state index in [1.807, 2.05) is 0 Å². The predicted octanol–water partition coefficient (Wildman–Crippen LogP) is 26.1. The standard InChI is InChI=1S/C59H52Si.C42H34Br2Si.C27H36B2O4/c1-37-19-25-45-47-27-21-39(33-53(47)57(3,4)51(45)31-37)40-22-28-48-50-30-24-44(36-56(50)59(7,8)54(48)34-40)60(41-15-11-9-12-16-41,42-17-13-10-14-18-42)43-23-29-49-46-26-20-38(2)32-52(46)58(5,6)55(49)35-43;1-41(2)37-23-27(43)15-19-33(37)35-21-17-31(25-39(35)41)45(29-11-7-5-8-12-29,30-13-9-6-10-14-30)32-18-22-36-34-20-16-28(44)24-38(34)42(3,4)40(36)26-32;1-23(2)21-15-17(28-30-24(3,4)25(5,6)31-28)11-13-19(21)20-14-12-18(16-22(20)23)29-32-26(7,8)27(9,10)33-29/h9-36H,1-8H3;5-26H,1-4H3;11-16H,1-10H3. The van der Waals surface area contributed by atoms with Gasteiger partial charge in [-0.05, 0) is 303 Å². The zero-order valence-corrected chi connectivity index (χ0v) is 89.0. The average molecular weight is 1960 g/mol. The second kappa shape index (κ2) is 32.2. The van der Waals surface area contributed by atoms with E-state index in [1.165, 1.54) is 197 Å². The first-order valence-electron chi connectivity index (χ1n) is 49.5. The second-order valence-corrected chi connectivity index (χ2v) is 55.0. The minimum Gasteiger partial charge on any atom is -0.399 e. The van der Waals surface area contributed by atoms with Gasteiger partial charge < -0.3 is 18.6 Å². The van der Waals surface area contributed by atoms with Crippen LogP contribution in [0.2, 0.25) is 0 Å². The van der Waals surface area contributed by atoms with E-state index < -0.39 is 16.1 Å². The van der Waals surface area contributed by atoms with E-state index >= 15 is 0 Å². The van der Waals surface area contributed by atoms with Crippen molar-refractivity contribution in [1.82, 2.24) is 0 Å². The van der Waals surface area contributed by atoms with E-state index in [1.54, 1.807) is 0 Å². The normalized spacial score (nSPS) is 17.9. The van der Waals surface area contributed by atoms with Crippen LogP contribution >= 0.6 is 31.9 Å². The molecular formula is C128H122B2Br2O4Si2. The molecule has 0 radical (unpaired) electrons. The molecule has 0 atom stereocenters. The molecule has 0 amide bonds. The minimum atomic E-state index is -2.85. The van der Waals surface area contributed by atoms with Gasteiger partial charge in [-0.3, -0.25) is 0 Å². The maximum Gasteiger partial charge on any atom is 0.494 e. The summed E-state index contributed by atoms with van der Waals surface area (Å²) < 4.78 is 27.6. The van der Waals surface area contributed by atoms with E-state index in [0.717, 1.165) is 19.9 Å². The Kier molecular flexibility index (Phi) is 21.5. The van der Waals surface area contributed by atoms with Crippen molar-refractivity contribution >= 4 is 115 Å². The lowest BCUT2D eigenvalue weighted by molar-refractivity contribution is 0.00578. The summed E-state index contributed by atoms with van der Waals surface area (Å²) in [6, 6.07) is 131. The van der Waals surface area contributed by atoms with Crippen molar-refractivity contribution < 1.29 is 18.6 Å². The van der Waals surface area contributed by atoms with Crippen molar-refractivity contribution in [2.24, 2.45) is 0 Å². The van der Waals surface area contributed by atoms with Crippen LogP contribution in [0.3, 0.4) is 0 Å². The summed E-state index contributed by atoms with van der Waals surface area (Å²) in [7, 11) is -6.33. The molecule has 16 aromatic carbocycles. The summed E-state index contributed by atoms with van der Waals surface area (Å²) in [6.07, 6.45) is 0. The van der Waals surface area contributed by atoms with Crippen LogP contribution in [0.15, 0.2) is 349 Å². The number of halogens is 2. The largest absolute Gasteiger partial charge is 0.494 e. The van der Waals surface area contributed by atoms with Crippen molar-refractivity contribution in [3.05, 3.63) is 427 Å². The molecular weight excluding hydrogens is 1840 g/mol. The number of hydrogen-bond acceptors (Lipinski definition) is 4. The van der Waals surface area contributed by atoms with E-state index in [0.29, 0.717) is 0 Å². The maximum absolute atomic E-state index is 6.33. The van der Waals surface area contributed by atoms with Gasteiger partial charge in [0.15, 0.2) is 16.1 Å². The number of benzene rings is 16. The molecule has 2 saturated heterocycles. The van der Waals surface area contributed by atoms with Crippen LogP contribution in [0.5, 0.6) is 0 Å². The Morgan fingerprint density at radius 2 is 0.384 bits per heavy atom. The minimum absolute atomic E-state index is 0.0408. The molecule has 8 aliphatic rings. The topological polar surface area (TPSA) is 36.9 Å². The van der Waals surface area contributed by atoms with Gasteiger partial charge in [-0.2, -0.15) is 0 Å². The fourth-order valence-electron chi connectivity index (χ4n) is 24.9. The SMILES string of the molecule is CC1(C)c2cc(B3OC(C)(C)C(C)(C)O3)ccc2-c2ccc(B3OC(C)(C)C(C)(C)O3)cc21.CC1(C)c2cc(Br)ccc2-c2ccc([Si](c3ccccc3)(c3ccccc3)c3ccc4c(c3)C(C)(C)c3cc(Br)ccc3-4)cc21.Cc1ccc2c(c1)C(C)(C)c1cc(-c3ccc4c(c3)C(C)(C)c3cc([Si](c5ccccc5)(c5ccccc5)c5ccc6c(c5)C(C)(C)c5cc(C)ccc5-6)ccc3-4)ccc1-2. The molecule has 0 saturated carbocycles. The van der Waals surface area contributed by atoms with Crippen LogP contribution in [-0.4, -0.2) is 52.8 Å². The highest BCUT2D eigenvalue weighted by Crippen LogP contribution is 2.57. The Hall–Kier alpha value is -11.1. The van der Waals surface area contributed by atoms with Crippen LogP contribution < -0.4 is 52.4 Å². The highest BCUT2D eigenvalue weighted by atomic mass is 79.9. The van der Waals surface area contributed by atoms with Crippen LogP contribution in [0.25, 0.3) is 77.9 Å². The highest BCUT2D eigenvalue weighted by Gasteiger charge is 2.56. The zero-order valence-electron chi connectivity index (χ0n) is 83.9. The molecule has 24 rings (SSSR count). The summed E-state index contributed by atoms with van der Waals surface area (Å²) >= 11 is 7.50. The summed E-state index contributed by atoms with van der Waals surface area (Å²) in [6.45, 7) is 49.8. The van der Waals surface area contributed by atoms with Gasteiger partial charge >= 0.3 is 14.2 Å². The third-order valence-corrected chi connectivity index (χ3v) is 44.8. The Bertz CT molecular complexity index is 7400. The van der Waals surface area contributed by atoms with Crippen molar-refractivity contribution in [3.63, 3.8) is 0 Å². The molecule has 0 bridgehead atoms. The van der Waals surface area contributed by atoms with Gasteiger partial charge in [0.25, 0.3) is 0 Å². The van der Waals surface area contributed by atoms with Crippen molar-refractivity contribution in [2.45, 2.75) is 207 Å². The predicted molar refractivity (Wildman–Crippen MR) is 594 cm³/mol. The van der Waals surface area contributed by atoms with Crippen LogP contribution in [-0.2, 0) is 51.1 Å². The Labute approximate surface area is 838 Å². The van der Waals surface area contributed by atoms with Crippen molar-refractivity contribution in [2.75, 3.05) is 0 Å². The van der Waals surface area contributed by atoms with Crippen LogP contribution in [0, 0.1) is 13.8 Å². The van der Waals surface area contributed by atoms with E-state index in [2.05, 4.69) is 524 Å². The number of hydrogen-bond donors (Lipinski definition) is 0. The first-order chi connectivity index (χ1) is 65.5. The van der Waals surface area contributed by atoms with Crippen molar-refractivity contribution in [3.8, 4) is 77.9 Å². The molecule has 10 heteroatoms. The molecule has 138 heavy (non-hydrogen) atoms. The fraction of sp³-hybridized carbons (Fsp3) is 0.250. The van der Waals surface area contributed by atoms with Gasteiger partial charge in [-0.15, -0.1) is 0 Å². The van der Waals surface area contributed by atoms with Gasteiger partial charge in [-0.1, -0.05) is 429 Å². The molecule has 16 aromatic rings. The lowest BCUT2D eigenvalue weighted by atomic mass is 9.73. The molecule has 2 aliphatic heterocycles. The molecule has 4 nitrogen and oxygen atoms in total. The summed E-state index contributed by atoms with van der Waals surface area (Å²) in [5.41, 5.74) is 38.2. The lowest BCUT2D eigenvalue weighted by Crippen LogP contribution is -2.75. The first-order valence-corrected chi connectivity index (χ1v) is 55.0. The highest BCUT2D eigenvalue weighted by molar-refractivity contribution is 9.10. The molecule has 0 N–H and O–H groups in total. The first kappa shape index (κ1) is 91.9. The quantitative estimate of drug-likeness (QED) is 0.0955. The van der Waals surface area contributed by atoms with Gasteiger partial charge in [0, 0.05) is 41.4 Å². The van der Waals surface area contributed by atoms with Crippen LogP contribution in [0.1, 0.15) is 216 Å². The Morgan fingerprint density at radius 1 is 0.188 bits per heavy atom. The number of rotatable bonds is 11. The van der Waals surface area contributed by atoms with Gasteiger partial charge in [-0.25, -0.2) is 0 Å². The Morgan fingerprint density at radius 3 is 0.638 bits per heavy atom. The lowest BCUT2D eigenvalue weighted by Gasteiger charge is -2.36. The molecule has 2 fully saturated rings.